The smallest absolute Gasteiger partial charge is 0.319 e. The van der Waals surface area contributed by atoms with Crippen LogP contribution >= 0.6 is 11.8 Å². The molecule has 2 saturated heterocycles. The molecule has 2 aliphatic heterocycles. The number of nitrogens with zero attached hydrogens (tertiary/aromatic N) is 2. The third kappa shape index (κ3) is 3.21. The van der Waals surface area contributed by atoms with Crippen LogP contribution in [0.5, 0.6) is 0 Å². The molecule has 1 aromatic carbocycles. The van der Waals surface area contributed by atoms with Crippen LogP contribution in [-0.4, -0.2) is 40.1 Å². The molecule has 5 nitrogen and oxygen atoms in total. The normalized spacial score (nSPS) is 23.6. The van der Waals surface area contributed by atoms with E-state index in [1.165, 1.54) is 11.8 Å². The number of thioether (sulfide) groups is 1. The van der Waals surface area contributed by atoms with Gasteiger partial charge in [0.2, 0.25) is 0 Å². The van der Waals surface area contributed by atoms with Gasteiger partial charge in [-0.2, -0.15) is 0 Å². The lowest BCUT2D eigenvalue weighted by molar-refractivity contribution is -0.137. The first-order valence-corrected chi connectivity index (χ1v) is 9.25. The number of cyclic esters (lactones) is 1. The predicted molar refractivity (Wildman–Crippen MR) is 91.9 cm³/mol. The Morgan fingerprint density at radius 3 is 2.79 bits per heavy atom. The molecular weight excluding hydrogens is 324 g/mol. The largest absolute Gasteiger partial charge is 0.465 e. The molecule has 2 aromatic rings. The second kappa shape index (κ2) is 6.99. The summed E-state index contributed by atoms with van der Waals surface area (Å²) in [4.78, 5) is 16.4. The highest BCUT2D eigenvalue weighted by Gasteiger charge is 2.30. The predicted octanol–water partition coefficient (Wildman–Crippen LogP) is 3.14. The van der Waals surface area contributed by atoms with Crippen molar-refractivity contribution in [2.45, 2.75) is 42.3 Å². The number of esters is 1. The summed E-state index contributed by atoms with van der Waals surface area (Å²) in [5, 5.41) is 0.715. The number of rotatable bonds is 5. The molecular formula is C18H20N2O3S. The number of carbonyl (C=O) groups is 1. The van der Waals surface area contributed by atoms with Crippen LogP contribution in [-0.2, 0) is 20.8 Å². The molecule has 2 aliphatic rings. The Kier molecular flexibility index (Phi) is 4.58. The lowest BCUT2D eigenvalue weighted by atomic mass is 10.1. The highest BCUT2D eigenvalue weighted by atomic mass is 32.2. The van der Waals surface area contributed by atoms with Crippen LogP contribution in [0, 0.1) is 0 Å². The Balaban J connectivity index is 1.64. The average molecular weight is 344 g/mol. The molecule has 0 aliphatic carbocycles. The number of carbonyl (C=O) groups excluding carboxylic acids is 1. The molecule has 3 heterocycles. The van der Waals surface area contributed by atoms with Crippen molar-refractivity contribution < 1.29 is 14.3 Å². The summed E-state index contributed by atoms with van der Waals surface area (Å²) in [6, 6.07) is 10.2. The average Bonchev–Trinajstić information content (AvgIpc) is 3.33. The maximum absolute atomic E-state index is 11.8. The van der Waals surface area contributed by atoms with Crippen LogP contribution in [0.15, 0.2) is 41.7 Å². The fourth-order valence-corrected chi connectivity index (χ4v) is 4.22. The maximum atomic E-state index is 11.8. The zero-order valence-electron chi connectivity index (χ0n) is 13.4. The molecule has 0 saturated carbocycles. The van der Waals surface area contributed by atoms with Gasteiger partial charge in [0.1, 0.15) is 5.25 Å². The first-order valence-electron chi connectivity index (χ1n) is 8.37. The lowest BCUT2D eigenvalue weighted by Crippen LogP contribution is -2.18. The van der Waals surface area contributed by atoms with E-state index in [9.17, 15) is 4.79 Å². The molecule has 0 spiro atoms. The van der Waals surface area contributed by atoms with E-state index in [0.717, 1.165) is 48.8 Å². The molecule has 0 amide bonds. The minimum absolute atomic E-state index is 0.132. The van der Waals surface area contributed by atoms with E-state index in [1.54, 1.807) is 0 Å². The Labute approximate surface area is 145 Å². The molecule has 2 fully saturated rings. The van der Waals surface area contributed by atoms with E-state index in [0.29, 0.717) is 6.61 Å². The molecule has 0 bridgehead atoms. The molecule has 4 rings (SSSR count). The van der Waals surface area contributed by atoms with Gasteiger partial charge < -0.3 is 14.0 Å². The quantitative estimate of drug-likeness (QED) is 0.780. The summed E-state index contributed by atoms with van der Waals surface area (Å²) < 4.78 is 13.1. The van der Waals surface area contributed by atoms with Gasteiger partial charge in [0.25, 0.3) is 0 Å². The van der Waals surface area contributed by atoms with Gasteiger partial charge in [-0.05, 0) is 18.4 Å². The van der Waals surface area contributed by atoms with Gasteiger partial charge in [-0.3, -0.25) is 4.79 Å². The van der Waals surface area contributed by atoms with Gasteiger partial charge in [0.05, 0.1) is 31.1 Å². The van der Waals surface area contributed by atoms with Crippen molar-refractivity contribution in [3.8, 4) is 11.3 Å². The zero-order valence-corrected chi connectivity index (χ0v) is 14.2. The molecule has 0 unspecified atom stereocenters. The molecule has 2 atom stereocenters. The van der Waals surface area contributed by atoms with Crippen LogP contribution in [0.2, 0.25) is 0 Å². The van der Waals surface area contributed by atoms with Crippen molar-refractivity contribution in [2.24, 2.45) is 0 Å². The van der Waals surface area contributed by atoms with E-state index in [2.05, 4.69) is 21.7 Å². The number of aromatic nitrogens is 2. The Bertz CT molecular complexity index is 710. The Morgan fingerprint density at radius 2 is 2.08 bits per heavy atom. The van der Waals surface area contributed by atoms with Crippen LogP contribution in [0.4, 0.5) is 0 Å². The summed E-state index contributed by atoms with van der Waals surface area (Å²) in [6.45, 7) is 2.11. The molecule has 6 heteroatoms. The fourth-order valence-electron chi connectivity index (χ4n) is 3.17. The molecule has 24 heavy (non-hydrogen) atoms. The third-order valence-electron chi connectivity index (χ3n) is 4.43. The number of hydrogen-bond acceptors (Lipinski definition) is 5. The summed E-state index contributed by atoms with van der Waals surface area (Å²) >= 11 is 1.51. The van der Waals surface area contributed by atoms with Crippen LogP contribution in [0.3, 0.4) is 0 Å². The van der Waals surface area contributed by atoms with E-state index >= 15 is 0 Å². The summed E-state index contributed by atoms with van der Waals surface area (Å²) in [5.41, 5.74) is 2.20. The van der Waals surface area contributed by atoms with E-state index < -0.39 is 0 Å². The summed E-state index contributed by atoms with van der Waals surface area (Å²) in [6.07, 6.45) is 5.04. The van der Waals surface area contributed by atoms with Gasteiger partial charge in [0, 0.05) is 13.0 Å². The van der Waals surface area contributed by atoms with Crippen molar-refractivity contribution in [3.05, 3.63) is 36.5 Å². The number of ether oxygens (including phenoxy) is 2. The minimum atomic E-state index is -0.153. The van der Waals surface area contributed by atoms with Gasteiger partial charge >= 0.3 is 5.97 Å². The van der Waals surface area contributed by atoms with E-state index in [4.69, 9.17) is 9.47 Å². The Hall–Kier alpha value is -1.79. The van der Waals surface area contributed by atoms with Crippen molar-refractivity contribution >= 4 is 17.7 Å². The van der Waals surface area contributed by atoms with Gasteiger partial charge in [0.15, 0.2) is 5.16 Å². The molecule has 1 aromatic heterocycles. The van der Waals surface area contributed by atoms with Crippen LogP contribution in [0.1, 0.15) is 19.3 Å². The maximum Gasteiger partial charge on any atom is 0.319 e. The molecule has 126 valence electrons. The summed E-state index contributed by atoms with van der Waals surface area (Å²) in [5.74, 6) is -0.132. The minimum Gasteiger partial charge on any atom is -0.465 e. The molecule has 0 radical (unpaired) electrons. The standard InChI is InChI=1S/C18H20N2O3S/c21-17-16(8-10-23-17)24-18-19-11-15(13-5-2-1-3-6-13)20(18)12-14-7-4-9-22-14/h1-3,5-6,11,14,16H,4,7-10,12H2/t14-,16-/m1/s1. The van der Waals surface area contributed by atoms with Crippen molar-refractivity contribution in [1.29, 1.82) is 0 Å². The summed E-state index contributed by atoms with van der Waals surface area (Å²) in [7, 11) is 0. The first-order chi connectivity index (χ1) is 11.8. The second-order valence-corrected chi connectivity index (χ2v) is 7.27. The topological polar surface area (TPSA) is 53.3 Å². The SMILES string of the molecule is O=C1OCC[C@H]1Sc1ncc(-c2ccccc2)n1C[C@H]1CCCO1. The van der Waals surface area contributed by atoms with Crippen molar-refractivity contribution in [2.75, 3.05) is 13.2 Å². The van der Waals surface area contributed by atoms with Crippen molar-refractivity contribution in [1.82, 2.24) is 9.55 Å². The number of benzene rings is 1. The first kappa shape index (κ1) is 15.7. The number of hydrogen-bond donors (Lipinski definition) is 0. The van der Waals surface area contributed by atoms with Crippen LogP contribution in [0.25, 0.3) is 11.3 Å². The number of imidazole rings is 1. The van der Waals surface area contributed by atoms with Crippen molar-refractivity contribution in [3.63, 3.8) is 0 Å². The van der Waals surface area contributed by atoms with Gasteiger partial charge in [-0.1, -0.05) is 42.1 Å². The third-order valence-corrected chi connectivity index (χ3v) is 5.68. The second-order valence-electron chi connectivity index (χ2n) is 6.10. The van der Waals surface area contributed by atoms with E-state index in [1.807, 2.05) is 24.4 Å². The van der Waals surface area contributed by atoms with Gasteiger partial charge in [-0.15, -0.1) is 0 Å². The highest BCUT2D eigenvalue weighted by Crippen LogP contribution is 2.33. The van der Waals surface area contributed by atoms with Crippen LogP contribution < -0.4 is 0 Å². The van der Waals surface area contributed by atoms with E-state index in [-0.39, 0.29) is 17.3 Å². The fraction of sp³-hybridized carbons (Fsp3) is 0.444. The Morgan fingerprint density at radius 1 is 1.21 bits per heavy atom. The monoisotopic (exact) mass is 344 g/mol. The molecule has 0 N–H and O–H groups in total. The zero-order chi connectivity index (χ0) is 16.4. The highest BCUT2D eigenvalue weighted by molar-refractivity contribution is 8.00. The van der Waals surface area contributed by atoms with Gasteiger partial charge in [-0.25, -0.2) is 4.98 Å². The lowest BCUT2D eigenvalue weighted by Gasteiger charge is -2.16.